The first kappa shape index (κ1) is 24.4. The molecule has 1 amide bonds. The Morgan fingerprint density at radius 1 is 1.11 bits per heavy atom. The Bertz CT molecular complexity index is 1230. The Hall–Kier alpha value is -2.94. The van der Waals surface area contributed by atoms with Gasteiger partial charge in [-0.05, 0) is 71.5 Å². The zero-order valence-electron chi connectivity index (χ0n) is 21.0. The average molecular weight is 522 g/mol. The molecule has 8 heteroatoms. The molecule has 1 aromatic heterocycles. The molecule has 194 valence electrons. The second kappa shape index (κ2) is 10.4. The van der Waals surface area contributed by atoms with Crippen molar-refractivity contribution in [3.8, 4) is 5.06 Å². The van der Waals surface area contributed by atoms with Crippen LogP contribution >= 0.6 is 11.3 Å². The van der Waals surface area contributed by atoms with E-state index in [0.29, 0.717) is 67.0 Å². The van der Waals surface area contributed by atoms with Gasteiger partial charge >= 0.3 is 6.09 Å². The molecule has 2 aliphatic heterocycles. The number of nitrogens with zero attached hydrogens (tertiary/aromatic N) is 3. The summed E-state index contributed by atoms with van der Waals surface area (Å²) in [6.07, 6.45) is -0.456. The predicted molar refractivity (Wildman–Crippen MR) is 144 cm³/mol. The Labute approximate surface area is 221 Å². The first-order valence-corrected chi connectivity index (χ1v) is 13.9. The lowest BCUT2D eigenvalue weighted by molar-refractivity contribution is 0.122. The quantitative estimate of drug-likeness (QED) is 0.416. The number of carbonyl (C=O) groups excluding carboxylic acids is 1. The molecule has 6 nitrogen and oxygen atoms in total. The van der Waals surface area contributed by atoms with Crippen LogP contribution in [0, 0.1) is 30.5 Å². The molecule has 1 aliphatic carbocycles. The molecular weight excluding hydrogens is 489 g/mol. The molecule has 2 atom stereocenters. The zero-order valence-corrected chi connectivity index (χ0v) is 21.8. The molecule has 2 saturated heterocycles. The molecule has 2 aromatic carbocycles. The summed E-state index contributed by atoms with van der Waals surface area (Å²) in [5.41, 5.74) is 3.79. The lowest BCUT2D eigenvalue weighted by Gasteiger charge is -2.30. The van der Waals surface area contributed by atoms with Crippen molar-refractivity contribution in [3.63, 3.8) is 0 Å². The number of amides is 1. The molecule has 0 bridgehead atoms. The number of likely N-dealkylation sites (tertiary alicyclic amines) is 1. The van der Waals surface area contributed by atoms with E-state index in [1.807, 2.05) is 22.4 Å². The normalized spacial score (nSPS) is 23.1. The smallest absolute Gasteiger partial charge is 0.399 e. The Morgan fingerprint density at radius 2 is 1.89 bits per heavy atom. The third-order valence-electron chi connectivity index (χ3n) is 7.99. The van der Waals surface area contributed by atoms with Gasteiger partial charge in [0.25, 0.3) is 0 Å². The van der Waals surface area contributed by atoms with E-state index in [-0.39, 0.29) is 5.82 Å². The van der Waals surface area contributed by atoms with Gasteiger partial charge in [-0.2, -0.15) is 0 Å². The zero-order chi connectivity index (χ0) is 25.4. The Balaban J connectivity index is 1.15. The van der Waals surface area contributed by atoms with Crippen molar-refractivity contribution >= 4 is 28.8 Å². The molecule has 3 fully saturated rings. The van der Waals surface area contributed by atoms with Crippen molar-refractivity contribution in [1.29, 1.82) is 0 Å². The first-order valence-electron chi connectivity index (χ1n) is 13.0. The molecule has 37 heavy (non-hydrogen) atoms. The average Bonchev–Trinajstić information content (AvgIpc) is 3.24. The van der Waals surface area contributed by atoms with Gasteiger partial charge in [0.15, 0.2) is 5.06 Å². The fraction of sp³-hybridized carbons (Fsp3) is 0.414. The highest BCUT2D eigenvalue weighted by Gasteiger charge is 2.56. The van der Waals surface area contributed by atoms with E-state index >= 15 is 4.39 Å². The highest BCUT2D eigenvalue weighted by Crippen LogP contribution is 2.52. The van der Waals surface area contributed by atoms with E-state index in [4.69, 9.17) is 9.47 Å². The maximum atomic E-state index is 15.2. The number of anilines is 2. The minimum absolute atomic E-state index is 0.325. The summed E-state index contributed by atoms with van der Waals surface area (Å²) >= 11 is 1.37. The molecule has 1 saturated carbocycles. The van der Waals surface area contributed by atoms with Crippen LogP contribution in [0.2, 0.25) is 0 Å². The highest BCUT2D eigenvalue weighted by atomic mass is 32.1. The standard InChI is InChI=1S/C29H32FN3O3S/c1-20-5-2-3-6-21(20)16-31-17-23-24(18-31)25(23)19-33(29(34)36-28-7-4-14-37-28)22-8-9-27(26(30)15-22)32-10-12-35-13-11-32/h2-9,14-15,23-25H,10-13,16-19H2,1H3. The van der Waals surface area contributed by atoms with Crippen molar-refractivity contribution in [2.24, 2.45) is 17.8 Å². The van der Waals surface area contributed by atoms with Crippen LogP contribution in [0.1, 0.15) is 11.1 Å². The number of fused-ring (bicyclic) bond motifs is 1. The van der Waals surface area contributed by atoms with E-state index in [1.165, 1.54) is 28.5 Å². The van der Waals surface area contributed by atoms with Crippen molar-refractivity contribution in [2.45, 2.75) is 13.5 Å². The van der Waals surface area contributed by atoms with Crippen LogP contribution in [0.3, 0.4) is 0 Å². The largest absolute Gasteiger partial charge is 0.420 e. The van der Waals surface area contributed by atoms with E-state index < -0.39 is 6.09 Å². The molecule has 2 unspecified atom stereocenters. The first-order chi connectivity index (χ1) is 18.1. The summed E-state index contributed by atoms with van der Waals surface area (Å²) < 4.78 is 26.3. The number of piperidine rings is 1. The van der Waals surface area contributed by atoms with Crippen molar-refractivity contribution < 1.29 is 18.7 Å². The lowest BCUT2D eigenvalue weighted by atomic mass is 10.1. The number of hydrogen-bond acceptors (Lipinski definition) is 6. The Morgan fingerprint density at radius 3 is 2.59 bits per heavy atom. The van der Waals surface area contributed by atoms with Gasteiger partial charge in [-0.3, -0.25) is 9.80 Å². The van der Waals surface area contributed by atoms with Gasteiger partial charge in [0.05, 0.1) is 24.6 Å². The van der Waals surface area contributed by atoms with Crippen LogP contribution in [-0.4, -0.2) is 56.9 Å². The van der Waals surface area contributed by atoms with Crippen LogP contribution in [0.5, 0.6) is 5.06 Å². The number of aryl methyl sites for hydroxylation is 1. The molecule has 6 rings (SSSR count). The van der Waals surface area contributed by atoms with E-state index in [0.717, 1.165) is 19.6 Å². The van der Waals surface area contributed by atoms with Gasteiger partial charge in [0.2, 0.25) is 0 Å². The van der Waals surface area contributed by atoms with Gasteiger partial charge in [0.1, 0.15) is 5.82 Å². The highest BCUT2D eigenvalue weighted by molar-refractivity contribution is 7.11. The second-order valence-corrected chi connectivity index (χ2v) is 11.2. The van der Waals surface area contributed by atoms with E-state index in [2.05, 4.69) is 36.1 Å². The molecule has 3 aromatic rings. The summed E-state index contributed by atoms with van der Waals surface area (Å²) in [4.78, 5) is 19.4. The fourth-order valence-electron chi connectivity index (χ4n) is 5.85. The Kier molecular flexibility index (Phi) is 6.88. The summed E-state index contributed by atoms with van der Waals surface area (Å²) in [6, 6.07) is 17.3. The number of carbonyl (C=O) groups is 1. The minimum Gasteiger partial charge on any atom is -0.399 e. The number of thiophene rings is 1. The SMILES string of the molecule is Cc1ccccc1CN1CC2C(C1)C2CN(C(=O)Oc1cccs1)c1ccc(N2CCOCC2)c(F)c1. The summed E-state index contributed by atoms with van der Waals surface area (Å²) in [5.74, 6) is 1.18. The molecule has 0 spiro atoms. The van der Waals surface area contributed by atoms with Crippen LogP contribution in [0.15, 0.2) is 60.0 Å². The number of halogens is 1. The van der Waals surface area contributed by atoms with E-state index in [1.54, 1.807) is 17.0 Å². The number of morpholine rings is 1. The van der Waals surface area contributed by atoms with Crippen LogP contribution in [0.25, 0.3) is 0 Å². The summed E-state index contributed by atoms with van der Waals surface area (Å²) in [6.45, 7) is 8.21. The molecule has 3 heterocycles. The molecule has 0 N–H and O–H groups in total. The molecular formula is C29H32FN3O3S. The van der Waals surface area contributed by atoms with Crippen LogP contribution < -0.4 is 14.5 Å². The summed E-state index contributed by atoms with van der Waals surface area (Å²) in [5, 5.41) is 2.42. The predicted octanol–water partition coefficient (Wildman–Crippen LogP) is 5.42. The molecule has 3 aliphatic rings. The second-order valence-electron chi connectivity index (χ2n) is 10.3. The summed E-state index contributed by atoms with van der Waals surface area (Å²) in [7, 11) is 0. The van der Waals surface area contributed by atoms with Gasteiger partial charge < -0.3 is 14.4 Å². The topological polar surface area (TPSA) is 45.2 Å². The number of ether oxygens (including phenoxy) is 2. The van der Waals surface area contributed by atoms with Crippen LogP contribution in [-0.2, 0) is 11.3 Å². The van der Waals surface area contributed by atoms with Gasteiger partial charge in [-0.25, -0.2) is 9.18 Å². The number of rotatable bonds is 7. The van der Waals surface area contributed by atoms with Crippen LogP contribution in [0.4, 0.5) is 20.6 Å². The lowest BCUT2D eigenvalue weighted by Crippen LogP contribution is -2.38. The third kappa shape index (κ3) is 5.23. The van der Waals surface area contributed by atoms with Crippen molar-refractivity contribution in [1.82, 2.24) is 4.90 Å². The monoisotopic (exact) mass is 521 g/mol. The third-order valence-corrected chi connectivity index (χ3v) is 8.74. The van der Waals surface area contributed by atoms with Gasteiger partial charge in [-0.1, -0.05) is 24.3 Å². The maximum absolute atomic E-state index is 15.2. The van der Waals surface area contributed by atoms with Gasteiger partial charge in [0, 0.05) is 39.3 Å². The van der Waals surface area contributed by atoms with Crippen molar-refractivity contribution in [2.75, 3.05) is 55.7 Å². The number of hydrogen-bond donors (Lipinski definition) is 0. The minimum atomic E-state index is -0.456. The van der Waals surface area contributed by atoms with E-state index in [9.17, 15) is 4.79 Å². The maximum Gasteiger partial charge on any atom is 0.420 e. The van der Waals surface area contributed by atoms with Crippen molar-refractivity contribution in [3.05, 3.63) is 76.9 Å². The fourth-order valence-corrected chi connectivity index (χ4v) is 6.42. The van der Waals surface area contributed by atoms with Gasteiger partial charge in [-0.15, -0.1) is 11.3 Å². The molecule has 0 radical (unpaired) electrons. The number of benzene rings is 2.